The maximum atomic E-state index is 9.13. The molecule has 2 rings (SSSR count). The summed E-state index contributed by atoms with van der Waals surface area (Å²) in [6.07, 6.45) is 0. The van der Waals surface area contributed by atoms with Gasteiger partial charge in [-0.05, 0) is 36.4 Å². The largest absolute Gasteiger partial charge is 0.508 e. The molecule has 0 atom stereocenters. The van der Waals surface area contributed by atoms with E-state index < -0.39 is 0 Å². The number of phenols is 1. The van der Waals surface area contributed by atoms with Crippen molar-refractivity contribution >= 4 is 21.6 Å². The Hall–Kier alpha value is -1.06. The highest BCUT2D eigenvalue weighted by atomic mass is 33.1. The van der Waals surface area contributed by atoms with Crippen LogP contribution in [0.15, 0.2) is 64.4 Å². The summed E-state index contributed by atoms with van der Waals surface area (Å²) in [5.74, 6) is 0.309. The van der Waals surface area contributed by atoms with Crippen molar-refractivity contribution in [3.63, 3.8) is 0 Å². The Balaban J connectivity index is 1.96. The van der Waals surface area contributed by atoms with E-state index in [1.54, 1.807) is 33.7 Å². The van der Waals surface area contributed by atoms with Crippen molar-refractivity contribution in [3.05, 3.63) is 54.6 Å². The lowest BCUT2D eigenvalue weighted by Crippen LogP contribution is -1.68. The fourth-order valence-electron chi connectivity index (χ4n) is 1.07. The molecular formula is C12H10OS2. The van der Waals surface area contributed by atoms with E-state index in [4.69, 9.17) is 5.11 Å². The highest BCUT2D eigenvalue weighted by Crippen LogP contribution is 2.37. The molecule has 0 aliphatic carbocycles. The van der Waals surface area contributed by atoms with E-state index in [0.717, 1.165) is 4.90 Å². The highest BCUT2D eigenvalue weighted by molar-refractivity contribution is 8.76. The van der Waals surface area contributed by atoms with Crippen LogP contribution in [0.1, 0.15) is 0 Å². The first-order valence-electron chi connectivity index (χ1n) is 4.53. The normalized spacial score (nSPS) is 10.1. The van der Waals surface area contributed by atoms with Gasteiger partial charge >= 0.3 is 0 Å². The van der Waals surface area contributed by atoms with Gasteiger partial charge in [0.15, 0.2) is 0 Å². The predicted octanol–water partition coefficient (Wildman–Crippen LogP) is 4.19. The van der Waals surface area contributed by atoms with Crippen LogP contribution in [-0.2, 0) is 0 Å². The second-order valence-electron chi connectivity index (χ2n) is 2.97. The van der Waals surface area contributed by atoms with Gasteiger partial charge in [0.1, 0.15) is 5.75 Å². The minimum atomic E-state index is 0.309. The first-order valence-corrected chi connectivity index (χ1v) is 6.68. The van der Waals surface area contributed by atoms with Crippen LogP contribution in [0.4, 0.5) is 0 Å². The average molecular weight is 234 g/mol. The zero-order chi connectivity index (χ0) is 10.5. The fourth-order valence-corrected chi connectivity index (χ4v) is 3.03. The Labute approximate surface area is 96.9 Å². The standard InChI is InChI=1S/C12H10OS2/c13-10-6-8-12(9-7-10)15-14-11-4-2-1-3-5-11/h1-9,13H. The number of rotatable bonds is 3. The minimum absolute atomic E-state index is 0.309. The molecule has 0 spiro atoms. The topological polar surface area (TPSA) is 20.2 Å². The lowest BCUT2D eigenvalue weighted by Gasteiger charge is -2.00. The SMILES string of the molecule is Oc1ccc(SSc2ccccc2)cc1. The van der Waals surface area contributed by atoms with Gasteiger partial charge in [0.2, 0.25) is 0 Å². The molecule has 0 amide bonds. The van der Waals surface area contributed by atoms with Crippen molar-refractivity contribution in [1.29, 1.82) is 0 Å². The van der Waals surface area contributed by atoms with Gasteiger partial charge in [-0.15, -0.1) is 0 Å². The lowest BCUT2D eigenvalue weighted by molar-refractivity contribution is 0.475. The third kappa shape index (κ3) is 3.22. The molecule has 0 aliphatic rings. The molecule has 2 aromatic carbocycles. The zero-order valence-corrected chi connectivity index (χ0v) is 9.59. The highest BCUT2D eigenvalue weighted by Gasteiger charge is 1.96. The van der Waals surface area contributed by atoms with Crippen molar-refractivity contribution in [2.75, 3.05) is 0 Å². The molecule has 2 aromatic rings. The van der Waals surface area contributed by atoms with E-state index in [2.05, 4.69) is 12.1 Å². The van der Waals surface area contributed by atoms with Crippen LogP contribution in [-0.4, -0.2) is 5.11 Å². The monoisotopic (exact) mass is 234 g/mol. The smallest absolute Gasteiger partial charge is 0.115 e. The van der Waals surface area contributed by atoms with Crippen molar-refractivity contribution in [3.8, 4) is 5.75 Å². The third-order valence-corrected chi connectivity index (χ3v) is 4.23. The Morgan fingerprint density at radius 3 is 1.80 bits per heavy atom. The van der Waals surface area contributed by atoms with Gasteiger partial charge in [-0.1, -0.05) is 39.8 Å². The lowest BCUT2D eigenvalue weighted by atomic mass is 10.3. The summed E-state index contributed by atoms with van der Waals surface area (Å²) >= 11 is 0. The summed E-state index contributed by atoms with van der Waals surface area (Å²) in [6, 6.07) is 17.5. The second kappa shape index (κ2) is 5.14. The molecule has 76 valence electrons. The summed E-state index contributed by atoms with van der Waals surface area (Å²) < 4.78 is 0. The van der Waals surface area contributed by atoms with E-state index >= 15 is 0 Å². The first-order chi connectivity index (χ1) is 7.34. The number of phenolic OH excluding ortho intramolecular Hbond substituents is 1. The van der Waals surface area contributed by atoms with E-state index in [9.17, 15) is 0 Å². The maximum Gasteiger partial charge on any atom is 0.115 e. The minimum Gasteiger partial charge on any atom is -0.508 e. The molecule has 0 unspecified atom stereocenters. The van der Waals surface area contributed by atoms with Crippen molar-refractivity contribution in [2.24, 2.45) is 0 Å². The molecule has 0 radical (unpaired) electrons. The molecule has 0 heterocycles. The van der Waals surface area contributed by atoms with E-state index in [-0.39, 0.29) is 0 Å². The van der Waals surface area contributed by atoms with Gasteiger partial charge in [0.25, 0.3) is 0 Å². The van der Waals surface area contributed by atoms with Gasteiger partial charge in [0.05, 0.1) is 0 Å². The first kappa shape index (κ1) is 10.5. The molecule has 0 bridgehead atoms. The van der Waals surface area contributed by atoms with Gasteiger partial charge < -0.3 is 5.11 Å². The number of aromatic hydroxyl groups is 1. The Morgan fingerprint density at radius 1 is 0.667 bits per heavy atom. The van der Waals surface area contributed by atoms with Crippen LogP contribution < -0.4 is 0 Å². The number of hydrogen-bond acceptors (Lipinski definition) is 3. The summed E-state index contributed by atoms with van der Waals surface area (Å²) in [7, 11) is 3.40. The van der Waals surface area contributed by atoms with Crippen LogP contribution in [0.25, 0.3) is 0 Å². The van der Waals surface area contributed by atoms with Gasteiger partial charge in [-0.3, -0.25) is 0 Å². The quantitative estimate of drug-likeness (QED) is 0.804. The molecule has 15 heavy (non-hydrogen) atoms. The molecule has 1 nitrogen and oxygen atoms in total. The summed E-state index contributed by atoms with van der Waals surface area (Å²) in [6.45, 7) is 0. The Morgan fingerprint density at radius 2 is 1.20 bits per heavy atom. The molecule has 3 heteroatoms. The van der Waals surface area contributed by atoms with Crippen LogP contribution in [0.2, 0.25) is 0 Å². The van der Waals surface area contributed by atoms with Crippen molar-refractivity contribution in [2.45, 2.75) is 9.79 Å². The fraction of sp³-hybridized carbons (Fsp3) is 0. The maximum absolute atomic E-state index is 9.13. The molecule has 0 fully saturated rings. The average Bonchev–Trinajstić information content (AvgIpc) is 2.30. The Kier molecular flexibility index (Phi) is 3.59. The molecular weight excluding hydrogens is 224 g/mol. The van der Waals surface area contributed by atoms with Crippen LogP contribution in [0.3, 0.4) is 0 Å². The molecule has 0 aliphatic heterocycles. The van der Waals surface area contributed by atoms with Gasteiger partial charge in [0, 0.05) is 9.79 Å². The van der Waals surface area contributed by atoms with Gasteiger partial charge in [-0.2, -0.15) is 0 Å². The zero-order valence-electron chi connectivity index (χ0n) is 7.96. The van der Waals surface area contributed by atoms with E-state index in [1.165, 1.54) is 4.90 Å². The van der Waals surface area contributed by atoms with Gasteiger partial charge in [-0.25, -0.2) is 0 Å². The predicted molar refractivity (Wildman–Crippen MR) is 66.3 cm³/mol. The molecule has 0 aromatic heterocycles. The summed E-state index contributed by atoms with van der Waals surface area (Å²) in [5.41, 5.74) is 0. The molecule has 0 saturated heterocycles. The van der Waals surface area contributed by atoms with Crippen LogP contribution in [0.5, 0.6) is 5.75 Å². The second-order valence-corrected chi connectivity index (χ2v) is 5.25. The van der Waals surface area contributed by atoms with Crippen LogP contribution in [0, 0.1) is 0 Å². The molecule has 1 N–H and O–H groups in total. The molecule has 0 saturated carbocycles. The summed E-state index contributed by atoms with van der Waals surface area (Å²) in [5, 5.41) is 9.13. The Bertz CT molecular complexity index is 411. The van der Waals surface area contributed by atoms with E-state index in [1.807, 2.05) is 30.3 Å². The van der Waals surface area contributed by atoms with Crippen molar-refractivity contribution in [1.82, 2.24) is 0 Å². The third-order valence-electron chi connectivity index (χ3n) is 1.81. The van der Waals surface area contributed by atoms with E-state index in [0.29, 0.717) is 5.75 Å². The van der Waals surface area contributed by atoms with Crippen LogP contribution >= 0.6 is 21.6 Å². The number of hydrogen-bond donors (Lipinski definition) is 1. The van der Waals surface area contributed by atoms with Crippen molar-refractivity contribution < 1.29 is 5.11 Å². The number of benzene rings is 2. The summed E-state index contributed by atoms with van der Waals surface area (Å²) in [4.78, 5) is 2.37.